The van der Waals surface area contributed by atoms with E-state index in [1.54, 1.807) is 0 Å². The van der Waals surface area contributed by atoms with Gasteiger partial charge in [0.05, 0.1) is 6.10 Å². The zero-order chi connectivity index (χ0) is 11.7. The second-order valence-corrected chi connectivity index (χ2v) is 3.66. The highest BCUT2D eigenvalue weighted by Gasteiger charge is 2.17. The van der Waals surface area contributed by atoms with Gasteiger partial charge >= 0.3 is 0 Å². The third-order valence-electron chi connectivity index (χ3n) is 2.09. The van der Waals surface area contributed by atoms with Gasteiger partial charge in [0.2, 0.25) is 5.78 Å². The van der Waals surface area contributed by atoms with Crippen molar-refractivity contribution in [2.75, 3.05) is 0 Å². The lowest BCUT2D eigenvalue weighted by atomic mass is 10.1. The minimum Gasteiger partial charge on any atom is -0.390 e. The molecule has 0 heterocycles. The average molecular weight is 212 g/mol. The second kappa shape index (κ2) is 8.46. The maximum Gasteiger partial charge on any atom is 0.236 e. The lowest BCUT2D eigenvalue weighted by molar-refractivity contribution is -0.126. The zero-order valence-corrected chi connectivity index (χ0v) is 9.49. The number of rotatable bonds is 6. The molecule has 3 heteroatoms. The van der Waals surface area contributed by atoms with Crippen LogP contribution in [0, 0.1) is 11.8 Å². The molecule has 0 amide bonds. The Morgan fingerprint density at radius 1 is 1.27 bits per heavy atom. The highest BCUT2D eigenvalue weighted by atomic mass is 16.3. The van der Waals surface area contributed by atoms with Crippen LogP contribution in [0.3, 0.4) is 0 Å². The summed E-state index contributed by atoms with van der Waals surface area (Å²) < 4.78 is 0. The highest BCUT2D eigenvalue weighted by molar-refractivity contribution is 5.99. The largest absolute Gasteiger partial charge is 0.390 e. The van der Waals surface area contributed by atoms with Crippen molar-refractivity contribution in [3.63, 3.8) is 0 Å². The van der Waals surface area contributed by atoms with Gasteiger partial charge in [-0.25, -0.2) is 0 Å². The third kappa shape index (κ3) is 7.12. The number of Topliss-reactive ketones (excluding diaryl/α,β-unsaturated/α-hetero) is 1. The number of carbonyl (C=O) groups is 1. The van der Waals surface area contributed by atoms with Gasteiger partial charge in [-0.1, -0.05) is 32.1 Å². The molecular weight excluding hydrogens is 192 g/mol. The quantitative estimate of drug-likeness (QED) is 0.396. The molecule has 0 radical (unpaired) electrons. The number of aliphatic hydroxyl groups excluding tert-OH is 2. The molecule has 0 saturated heterocycles. The average Bonchev–Trinajstić information content (AvgIpc) is 2.21. The second-order valence-electron chi connectivity index (χ2n) is 3.66. The molecule has 3 nitrogen and oxygen atoms in total. The van der Waals surface area contributed by atoms with E-state index >= 15 is 0 Å². The summed E-state index contributed by atoms with van der Waals surface area (Å²) in [6.45, 7) is 3.50. The van der Waals surface area contributed by atoms with Gasteiger partial charge in [0.1, 0.15) is 0 Å². The molecule has 15 heavy (non-hydrogen) atoms. The molecule has 0 aliphatic rings. The van der Waals surface area contributed by atoms with Crippen LogP contribution in [0.1, 0.15) is 46.0 Å². The van der Waals surface area contributed by atoms with Gasteiger partial charge in [-0.15, -0.1) is 0 Å². The van der Waals surface area contributed by atoms with Crippen molar-refractivity contribution in [1.82, 2.24) is 0 Å². The molecule has 0 aromatic rings. The van der Waals surface area contributed by atoms with E-state index in [1.807, 2.05) is 0 Å². The van der Waals surface area contributed by atoms with Crippen molar-refractivity contribution in [2.24, 2.45) is 0 Å². The summed E-state index contributed by atoms with van der Waals surface area (Å²) in [6, 6.07) is 0. The first-order valence-corrected chi connectivity index (χ1v) is 5.48. The van der Waals surface area contributed by atoms with Gasteiger partial charge < -0.3 is 10.2 Å². The van der Waals surface area contributed by atoms with E-state index in [0.29, 0.717) is 6.42 Å². The molecule has 0 bridgehead atoms. The Morgan fingerprint density at radius 3 is 2.47 bits per heavy atom. The Labute approximate surface area is 91.5 Å². The molecule has 0 spiro atoms. The molecule has 86 valence electrons. The standard InChI is InChI=1S/C12H20O3/c1-3-4-5-6-7-8-9-11(14)12(15)10(2)13/h10,12-13,15H,3-7H2,1-2H3/t10-,12-/m0/s1. The van der Waals surface area contributed by atoms with Crippen molar-refractivity contribution >= 4 is 5.78 Å². The zero-order valence-electron chi connectivity index (χ0n) is 9.49. The molecular formula is C12H20O3. The van der Waals surface area contributed by atoms with Crippen molar-refractivity contribution in [1.29, 1.82) is 0 Å². The van der Waals surface area contributed by atoms with E-state index in [1.165, 1.54) is 19.8 Å². The molecule has 0 aliphatic carbocycles. The minimum atomic E-state index is -1.37. The van der Waals surface area contributed by atoms with E-state index in [9.17, 15) is 4.79 Å². The molecule has 0 aromatic carbocycles. The monoisotopic (exact) mass is 212 g/mol. The number of hydrogen-bond donors (Lipinski definition) is 2. The van der Waals surface area contributed by atoms with Crippen molar-refractivity contribution in [3.8, 4) is 11.8 Å². The van der Waals surface area contributed by atoms with Gasteiger partial charge in [-0.3, -0.25) is 4.79 Å². The molecule has 0 saturated carbocycles. The molecule has 0 fully saturated rings. The molecule has 0 aliphatic heterocycles. The van der Waals surface area contributed by atoms with Gasteiger partial charge in [-0.2, -0.15) is 0 Å². The van der Waals surface area contributed by atoms with Crippen molar-refractivity contribution in [3.05, 3.63) is 0 Å². The normalized spacial score (nSPS) is 13.9. The highest BCUT2D eigenvalue weighted by Crippen LogP contribution is 2.01. The summed E-state index contributed by atoms with van der Waals surface area (Å²) >= 11 is 0. The van der Waals surface area contributed by atoms with Crippen LogP contribution in [0.5, 0.6) is 0 Å². The summed E-state index contributed by atoms with van der Waals surface area (Å²) in [5.74, 6) is 4.45. The van der Waals surface area contributed by atoms with Crippen molar-refractivity contribution in [2.45, 2.75) is 58.2 Å². The van der Waals surface area contributed by atoms with Crippen LogP contribution in [0.25, 0.3) is 0 Å². The molecule has 0 aromatic heterocycles. The smallest absolute Gasteiger partial charge is 0.236 e. The van der Waals surface area contributed by atoms with Gasteiger partial charge in [0.25, 0.3) is 0 Å². The van der Waals surface area contributed by atoms with E-state index < -0.39 is 18.0 Å². The predicted octanol–water partition coefficient (Wildman–Crippen LogP) is 1.27. The van der Waals surface area contributed by atoms with Gasteiger partial charge in [0.15, 0.2) is 6.10 Å². The van der Waals surface area contributed by atoms with E-state index in [2.05, 4.69) is 18.8 Å². The number of ketones is 1. The number of unbranched alkanes of at least 4 members (excludes halogenated alkanes) is 4. The number of hydrogen-bond acceptors (Lipinski definition) is 3. The Hall–Kier alpha value is -0.850. The molecule has 0 unspecified atom stereocenters. The van der Waals surface area contributed by atoms with Crippen LogP contribution >= 0.6 is 0 Å². The van der Waals surface area contributed by atoms with E-state index in [4.69, 9.17) is 10.2 Å². The maximum atomic E-state index is 11.1. The maximum absolute atomic E-state index is 11.1. The van der Waals surface area contributed by atoms with Crippen LogP contribution < -0.4 is 0 Å². The van der Waals surface area contributed by atoms with Crippen LogP contribution in [-0.2, 0) is 4.79 Å². The van der Waals surface area contributed by atoms with Gasteiger partial charge in [-0.05, 0) is 19.3 Å². The predicted molar refractivity (Wildman–Crippen MR) is 59.2 cm³/mol. The van der Waals surface area contributed by atoms with Crippen molar-refractivity contribution < 1.29 is 15.0 Å². The van der Waals surface area contributed by atoms with E-state index in [-0.39, 0.29) is 0 Å². The molecule has 2 atom stereocenters. The van der Waals surface area contributed by atoms with Crippen LogP contribution in [0.2, 0.25) is 0 Å². The lowest BCUT2D eigenvalue weighted by Crippen LogP contribution is -2.30. The number of aliphatic hydroxyl groups is 2. The van der Waals surface area contributed by atoms with Crippen LogP contribution in [-0.4, -0.2) is 28.2 Å². The lowest BCUT2D eigenvalue weighted by Gasteiger charge is -2.07. The first-order valence-electron chi connectivity index (χ1n) is 5.48. The van der Waals surface area contributed by atoms with Gasteiger partial charge in [0, 0.05) is 6.42 Å². The minimum absolute atomic E-state index is 0.597. The summed E-state index contributed by atoms with van der Waals surface area (Å²) in [5.41, 5.74) is 0. The fourth-order valence-electron chi connectivity index (χ4n) is 1.08. The molecule has 0 rings (SSSR count). The first kappa shape index (κ1) is 14.2. The van der Waals surface area contributed by atoms with Crippen LogP contribution in [0.15, 0.2) is 0 Å². The Morgan fingerprint density at radius 2 is 1.93 bits per heavy atom. The topological polar surface area (TPSA) is 57.5 Å². The molecule has 2 N–H and O–H groups in total. The third-order valence-corrected chi connectivity index (χ3v) is 2.09. The summed E-state index contributed by atoms with van der Waals surface area (Å²) in [4.78, 5) is 11.1. The summed E-state index contributed by atoms with van der Waals surface area (Å²) in [5, 5.41) is 18.1. The Balaban J connectivity index is 3.72. The van der Waals surface area contributed by atoms with Crippen LogP contribution in [0.4, 0.5) is 0 Å². The summed E-state index contributed by atoms with van der Waals surface area (Å²) in [7, 11) is 0. The Kier molecular flexibility index (Phi) is 7.98. The first-order chi connectivity index (χ1) is 7.09. The fourth-order valence-corrected chi connectivity index (χ4v) is 1.08. The summed E-state index contributed by atoms with van der Waals surface area (Å²) in [6.07, 6.45) is 2.73. The van der Waals surface area contributed by atoms with E-state index in [0.717, 1.165) is 12.8 Å². The number of carbonyl (C=O) groups excluding carboxylic acids is 1. The SMILES string of the molecule is CCCCCCC#CC(=O)[C@@H](O)[C@H](C)O. The fraction of sp³-hybridized carbons (Fsp3) is 0.750. The Bertz CT molecular complexity index is 235.